The van der Waals surface area contributed by atoms with Crippen molar-refractivity contribution in [1.29, 1.82) is 5.26 Å². The van der Waals surface area contributed by atoms with Crippen LogP contribution >= 0.6 is 0 Å². The summed E-state index contributed by atoms with van der Waals surface area (Å²) >= 11 is 0. The van der Waals surface area contributed by atoms with Gasteiger partial charge in [-0.2, -0.15) is 9.57 Å². The van der Waals surface area contributed by atoms with Gasteiger partial charge < -0.3 is 5.32 Å². The van der Waals surface area contributed by atoms with Gasteiger partial charge in [0, 0.05) is 37.4 Å². The number of aromatic nitrogens is 1. The van der Waals surface area contributed by atoms with Crippen LogP contribution in [0.5, 0.6) is 0 Å². The molecule has 1 N–H and O–H groups in total. The third-order valence-corrected chi connectivity index (χ3v) is 6.90. The zero-order valence-corrected chi connectivity index (χ0v) is 14.4. The molecule has 0 bridgehead atoms. The van der Waals surface area contributed by atoms with Gasteiger partial charge in [0.05, 0.1) is 10.5 Å². The number of rotatable bonds is 2. The Labute approximate surface area is 147 Å². The smallest absolute Gasteiger partial charge is 0.244 e. The van der Waals surface area contributed by atoms with E-state index in [0.717, 1.165) is 24.3 Å². The largest absolute Gasteiger partial charge is 0.316 e. The molecule has 0 radical (unpaired) electrons. The van der Waals surface area contributed by atoms with Gasteiger partial charge in [-0.3, -0.25) is 4.98 Å². The van der Waals surface area contributed by atoms with Gasteiger partial charge in [0.1, 0.15) is 6.07 Å². The van der Waals surface area contributed by atoms with Crippen LogP contribution in [0, 0.1) is 17.2 Å². The topological polar surface area (TPSA) is 86.1 Å². The Balaban J connectivity index is 1.80. The fraction of sp³-hybridized carbons (Fsp3) is 0.333. The summed E-state index contributed by atoms with van der Waals surface area (Å²) in [6, 6.07) is 12.2. The van der Waals surface area contributed by atoms with Gasteiger partial charge in [-0.15, -0.1) is 0 Å². The molecule has 3 heterocycles. The number of benzene rings is 1. The minimum atomic E-state index is -3.75. The quantitative estimate of drug-likeness (QED) is 0.882. The van der Waals surface area contributed by atoms with E-state index in [1.807, 2.05) is 18.2 Å². The Morgan fingerprint density at radius 1 is 1.20 bits per heavy atom. The first-order chi connectivity index (χ1) is 12.1. The number of hydrogen-bond acceptors (Lipinski definition) is 5. The zero-order chi connectivity index (χ0) is 17.4. The van der Waals surface area contributed by atoms with E-state index in [9.17, 15) is 13.7 Å². The summed E-state index contributed by atoms with van der Waals surface area (Å²) in [6.07, 6.45) is 1.77. The third-order valence-electron chi connectivity index (χ3n) is 5.03. The molecule has 128 valence electrons. The summed E-state index contributed by atoms with van der Waals surface area (Å²) in [5.41, 5.74) is 2.11. The molecule has 0 unspecified atom stereocenters. The van der Waals surface area contributed by atoms with E-state index in [2.05, 4.69) is 10.3 Å². The molecule has 2 aliphatic rings. The van der Waals surface area contributed by atoms with Crippen molar-refractivity contribution >= 4 is 10.0 Å². The molecule has 2 aliphatic heterocycles. The Hall–Kier alpha value is -2.27. The Morgan fingerprint density at radius 3 is 2.88 bits per heavy atom. The minimum Gasteiger partial charge on any atom is -0.316 e. The summed E-state index contributed by atoms with van der Waals surface area (Å²) < 4.78 is 28.0. The Bertz CT molecular complexity index is 952. The molecule has 6 nitrogen and oxygen atoms in total. The number of nitrogens with one attached hydrogen (secondary N) is 1. The fourth-order valence-electron chi connectivity index (χ4n) is 3.79. The van der Waals surface area contributed by atoms with E-state index < -0.39 is 10.0 Å². The van der Waals surface area contributed by atoms with Crippen molar-refractivity contribution in [1.82, 2.24) is 14.6 Å². The molecule has 25 heavy (non-hydrogen) atoms. The Morgan fingerprint density at radius 2 is 2.04 bits per heavy atom. The molecule has 0 saturated carbocycles. The maximum atomic E-state index is 13.3. The summed E-state index contributed by atoms with van der Waals surface area (Å²) in [7, 11) is -3.75. The van der Waals surface area contributed by atoms with E-state index in [4.69, 9.17) is 0 Å². The van der Waals surface area contributed by atoms with Gasteiger partial charge in [0.25, 0.3) is 0 Å². The van der Waals surface area contributed by atoms with Crippen LogP contribution in [0.4, 0.5) is 0 Å². The lowest BCUT2D eigenvalue weighted by Gasteiger charge is -2.24. The van der Waals surface area contributed by atoms with Crippen molar-refractivity contribution in [2.24, 2.45) is 5.92 Å². The molecular formula is C18H18N4O2S. The van der Waals surface area contributed by atoms with Crippen LogP contribution in [0.25, 0.3) is 0 Å². The highest BCUT2D eigenvalue weighted by atomic mass is 32.2. The van der Waals surface area contributed by atoms with Gasteiger partial charge in [-0.1, -0.05) is 18.2 Å². The highest BCUT2D eigenvalue weighted by molar-refractivity contribution is 7.89. The zero-order valence-electron chi connectivity index (χ0n) is 13.6. The average Bonchev–Trinajstić information content (AvgIpc) is 3.03. The lowest BCUT2D eigenvalue weighted by Crippen LogP contribution is -2.35. The molecule has 1 fully saturated rings. The highest BCUT2D eigenvalue weighted by Gasteiger charge is 2.39. The van der Waals surface area contributed by atoms with Gasteiger partial charge in [0.2, 0.25) is 10.0 Å². The Kier molecular flexibility index (Phi) is 4.04. The van der Waals surface area contributed by atoms with Crippen molar-refractivity contribution in [3.8, 4) is 6.07 Å². The summed E-state index contributed by atoms with van der Waals surface area (Å²) in [4.78, 5) is 4.61. The predicted molar refractivity (Wildman–Crippen MR) is 92.1 cm³/mol. The van der Waals surface area contributed by atoms with E-state index in [0.29, 0.717) is 6.54 Å². The van der Waals surface area contributed by atoms with Gasteiger partial charge >= 0.3 is 0 Å². The predicted octanol–water partition coefficient (Wildman–Crippen LogP) is 1.46. The number of pyridine rings is 1. The van der Waals surface area contributed by atoms with Crippen LogP contribution < -0.4 is 5.32 Å². The third kappa shape index (κ3) is 2.72. The molecule has 7 heteroatoms. The van der Waals surface area contributed by atoms with Crippen LogP contribution in [-0.2, 0) is 16.6 Å². The second kappa shape index (κ2) is 6.23. The van der Waals surface area contributed by atoms with Crippen LogP contribution in [0.2, 0.25) is 0 Å². The SMILES string of the molecule is N#Cc1ccccc1S(=O)(=O)N1Cc2cccnc2[C@H]2CNC[C@@H]2C1. The fourth-order valence-corrected chi connectivity index (χ4v) is 5.40. The molecule has 1 aromatic heterocycles. The molecule has 0 amide bonds. The molecular weight excluding hydrogens is 336 g/mol. The lowest BCUT2D eigenvalue weighted by atomic mass is 9.91. The number of fused-ring (bicyclic) bond motifs is 3. The van der Waals surface area contributed by atoms with Crippen molar-refractivity contribution in [3.05, 3.63) is 59.4 Å². The van der Waals surface area contributed by atoms with Crippen molar-refractivity contribution < 1.29 is 8.42 Å². The molecule has 2 aromatic rings. The lowest BCUT2D eigenvalue weighted by molar-refractivity contribution is 0.349. The van der Waals surface area contributed by atoms with E-state index >= 15 is 0 Å². The van der Waals surface area contributed by atoms with Gasteiger partial charge in [-0.25, -0.2) is 8.42 Å². The number of nitriles is 1. The molecule has 1 saturated heterocycles. The van der Waals surface area contributed by atoms with Crippen LogP contribution in [0.15, 0.2) is 47.5 Å². The van der Waals surface area contributed by atoms with E-state index in [-0.39, 0.29) is 28.8 Å². The van der Waals surface area contributed by atoms with Crippen LogP contribution in [0.1, 0.15) is 22.7 Å². The molecule has 4 rings (SSSR count). The monoisotopic (exact) mass is 354 g/mol. The molecule has 0 spiro atoms. The first kappa shape index (κ1) is 16.2. The molecule has 2 atom stereocenters. The number of sulfonamides is 1. The molecule has 1 aromatic carbocycles. The van der Waals surface area contributed by atoms with E-state index in [1.165, 1.54) is 10.4 Å². The minimum absolute atomic E-state index is 0.0762. The second-order valence-electron chi connectivity index (χ2n) is 6.48. The second-order valence-corrected chi connectivity index (χ2v) is 8.38. The summed E-state index contributed by atoms with van der Waals surface area (Å²) in [5.74, 6) is 0.405. The van der Waals surface area contributed by atoms with Crippen LogP contribution in [0.3, 0.4) is 0 Å². The first-order valence-electron chi connectivity index (χ1n) is 8.25. The number of hydrogen-bond donors (Lipinski definition) is 1. The van der Waals surface area contributed by atoms with E-state index in [1.54, 1.807) is 24.4 Å². The van der Waals surface area contributed by atoms with Crippen molar-refractivity contribution in [3.63, 3.8) is 0 Å². The number of nitrogens with zero attached hydrogens (tertiary/aromatic N) is 3. The maximum Gasteiger partial charge on any atom is 0.244 e. The highest BCUT2D eigenvalue weighted by Crippen LogP contribution is 2.35. The van der Waals surface area contributed by atoms with Crippen molar-refractivity contribution in [2.45, 2.75) is 17.4 Å². The maximum absolute atomic E-state index is 13.3. The van der Waals surface area contributed by atoms with Gasteiger partial charge in [-0.05, 0) is 36.2 Å². The first-order valence-corrected chi connectivity index (χ1v) is 9.69. The van der Waals surface area contributed by atoms with Crippen LogP contribution in [-0.4, -0.2) is 37.3 Å². The molecule has 0 aliphatic carbocycles. The normalized spacial score (nSPS) is 23.3. The van der Waals surface area contributed by atoms with Gasteiger partial charge in [0.15, 0.2) is 0 Å². The average molecular weight is 354 g/mol. The standard InChI is InChI=1S/C18H18N4O2S/c19-8-13-4-1-2-6-17(13)25(23,24)22-11-14-5-3-7-21-18(14)16-10-20-9-15(16)12-22/h1-7,15-16,20H,9-12H2/t15-,16+/m1/s1. The summed E-state index contributed by atoms with van der Waals surface area (Å²) in [5, 5.41) is 12.6. The van der Waals surface area contributed by atoms with Crippen molar-refractivity contribution in [2.75, 3.05) is 19.6 Å². The summed E-state index contributed by atoms with van der Waals surface area (Å²) in [6.45, 7) is 2.30.